The van der Waals surface area contributed by atoms with Gasteiger partial charge in [0.25, 0.3) is 0 Å². The summed E-state index contributed by atoms with van der Waals surface area (Å²) in [4.78, 5) is 11.4. The second-order valence-electron chi connectivity index (χ2n) is 3.89. The topological polar surface area (TPSA) is 75.1 Å². The number of anilines is 1. The summed E-state index contributed by atoms with van der Waals surface area (Å²) in [6.45, 7) is 5.58. The van der Waals surface area contributed by atoms with Gasteiger partial charge in [-0.15, -0.1) is 11.5 Å². The molecule has 0 radical (unpaired) electrons. The minimum Gasteiger partial charge on any atom is -0.478 e. The molecule has 0 amide bonds. The molecule has 0 aliphatic carbocycles. The molecule has 1 rings (SSSR count). The van der Waals surface area contributed by atoms with Crippen LogP contribution >= 0.6 is 0 Å². The Bertz CT molecular complexity index is 492. The van der Waals surface area contributed by atoms with E-state index in [1.54, 1.807) is 6.92 Å². The van der Waals surface area contributed by atoms with Gasteiger partial charge in [0, 0.05) is 0 Å². The van der Waals surface area contributed by atoms with Crippen molar-refractivity contribution in [2.24, 2.45) is 0 Å². The number of aromatic carboxylic acids is 1. The van der Waals surface area contributed by atoms with Gasteiger partial charge in [-0.2, -0.15) is 5.10 Å². The molecule has 1 heterocycles. The van der Waals surface area contributed by atoms with E-state index in [0.717, 1.165) is 0 Å². The fourth-order valence-corrected chi connectivity index (χ4v) is 1.75. The lowest BCUT2D eigenvalue weighted by Crippen LogP contribution is -2.20. The number of hydrogen-bond donors (Lipinski definition) is 2. The first-order valence-corrected chi connectivity index (χ1v) is 5.89. The van der Waals surface area contributed by atoms with Crippen LogP contribution in [-0.2, 0) is 12.8 Å². The van der Waals surface area contributed by atoms with Gasteiger partial charge >= 0.3 is 5.97 Å². The molecule has 96 valence electrons. The quantitative estimate of drug-likeness (QED) is 0.775. The maximum atomic E-state index is 11.4. The van der Waals surface area contributed by atoms with Crippen molar-refractivity contribution in [2.75, 3.05) is 5.32 Å². The summed E-state index contributed by atoms with van der Waals surface area (Å²) >= 11 is 0. The first-order chi connectivity index (χ1) is 8.54. The lowest BCUT2D eigenvalue weighted by atomic mass is 10.0. The number of nitrogens with one attached hydrogen (secondary N) is 1. The molecule has 1 aromatic rings. The molecule has 1 aromatic heterocycles. The summed E-state index contributed by atoms with van der Waals surface area (Å²) in [6.07, 6.45) is 6.52. The third-order valence-corrected chi connectivity index (χ3v) is 2.66. The smallest absolute Gasteiger partial charge is 0.339 e. The van der Waals surface area contributed by atoms with Crippen LogP contribution < -0.4 is 5.32 Å². The normalized spacial score (nSPS) is 11.7. The fourth-order valence-electron chi connectivity index (χ4n) is 1.75. The molecule has 0 spiro atoms. The summed E-state index contributed by atoms with van der Waals surface area (Å²) in [5.74, 6) is 1.70. The molecule has 2 N–H and O–H groups in total. The SMILES string of the molecule is C#CC(C)Nc1nnc(CC)c(CC)c1C(=O)O. The summed E-state index contributed by atoms with van der Waals surface area (Å²) in [6, 6.07) is -0.297. The van der Waals surface area contributed by atoms with Crippen LogP contribution in [-0.4, -0.2) is 27.3 Å². The highest BCUT2D eigenvalue weighted by Crippen LogP contribution is 2.21. The average molecular weight is 247 g/mol. The van der Waals surface area contributed by atoms with Crippen LogP contribution in [0.3, 0.4) is 0 Å². The van der Waals surface area contributed by atoms with Gasteiger partial charge in [0.1, 0.15) is 5.56 Å². The van der Waals surface area contributed by atoms with E-state index in [4.69, 9.17) is 6.42 Å². The fraction of sp³-hybridized carbons (Fsp3) is 0.462. The molecule has 5 nitrogen and oxygen atoms in total. The van der Waals surface area contributed by atoms with Crippen molar-refractivity contribution in [3.8, 4) is 12.3 Å². The van der Waals surface area contributed by atoms with Crippen molar-refractivity contribution in [3.63, 3.8) is 0 Å². The molecule has 0 bridgehead atoms. The Kier molecular flexibility index (Phi) is 4.67. The van der Waals surface area contributed by atoms with Crippen LogP contribution in [0.5, 0.6) is 0 Å². The second-order valence-corrected chi connectivity index (χ2v) is 3.89. The van der Waals surface area contributed by atoms with Crippen LogP contribution in [0.15, 0.2) is 0 Å². The lowest BCUT2D eigenvalue weighted by Gasteiger charge is -2.15. The Morgan fingerprint density at radius 2 is 2.11 bits per heavy atom. The van der Waals surface area contributed by atoms with Crippen LogP contribution in [0, 0.1) is 12.3 Å². The van der Waals surface area contributed by atoms with Crippen LogP contribution in [0.1, 0.15) is 42.4 Å². The number of carboxylic acids is 1. The molecule has 0 aromatic carbocycles. The van der Waals surface area contributed by atoms with Gasteiger partial charge in [-0.3, -0.25) is 0 Å². The average Bonchev–Trinajstić information content (AvgIpc) is 2.37. The Balaban J connectivity index is 3.35. The maximum Gasteiger partial charge on any atom is 0.339 e. The number of aryl methyl sites for hydroxylation is 1. The molecule has 18 heavy (non-hydrogen) atoms. The highest BCUT2D eigenvalue weighted by Gasteiger charge is 2.20. The number of carbonyl (C=O) groups is 1. The van der Waals surface area contributed by atoms with E-state index < -0.39 is 5.97 Å². The number of rotatable bonds is 5. The van der Waals surface area contributed by atoms with Crippen molar-refractivity contribution in [1.82, 2.24) is 10.2 Å². The van der Waals surface area contributed by atoms with E-state index in [1.807, 2.05) is 13.8 Å². The van der Waals surface area contributed by atoms with Gasteiger partial charge < -0.3 is 10.4 Å². The van der Waals surface area contributed by atoms with E-state index in [9.17, 15) is 9.90 Å². The Labute approximate surface area is 107 Å². The third kappa shape index (κ3) is 2.77. The third-order valence-electron chi connectivity index (χ3n) is 2.66. The largest absolute Gasteiger partial charge is 0.478 e. The second kappa shape index (κ2) is 6.01. The molecule has 0 aliphatic rings. The maximum absolute atomic E-state index is 11.4. The van der Waals surface area contributed by atoms with E-state index in [1.165, 1.54) is 0 Å². The van der Waals surface area contributed by atoms with E-state index >= 15 is 0 Å². The molecular weight excluding hydrogens is 230 g/mol. The zero-order valence-electron chi connectivity index (χ0n) is 10.8. The molecule has 0 saturated carbocycles. The number of carboxylic acid groups (broad SMARTS) is 1. The molecular formula is C13H17N3O2. The van der Waals surface area contributed by atoms with Gasteiger partial charge in [0.05, 0.1) is 11.7 Å². The highest BCUT2D eigenvalue weighted by atomic mass is 16.4. The first kappa shape index (κ1) is 14.0. The van der Waals surface area contributed by atoms with Gasteiger partial charge in [-0.1, -0.05) is 19.8 Å². The summed E-state index contributed by atoms with van der Waals surface area (Å²) in [7, 11) is 0. The van der Waals surface area contributed by atoms with Gasteiger partial charge in [-0.05, 0) is 25.3 Å². The molecule has 5 heteroatoms. The minimum atomic E-state index is -1.01. The first-order valence-electron chi connectivity index (χ1n) is 5.89. The Morgan fingerprint density at radius 3 is 2.56 bits per heavy atom. The van der Waals surface area contributed by atoms with Crippen molar-refractivity contribution >= 4 is 11.8 Å². The monoisotopic (exact) mass is 247 g/mol. The molecule has 0 saturated heterocycles. The van der Waals surface area contributed by atoms with Gasteiger partial charge in [-0.25, -0.2) is 4.79 Å². The molecule has 1 unspecified atom stereocenters. The number of hydrogen-bond acceptors (Lipinski definition) is 4. The number of aromatic nitrogens is 2. The lowest BCUT2D eigenvalue weighted by molar-refractivity contribution is 0.0696. The van der Waals surface area contributed by atoms with E-state index in [2.05, 4.69) is 21.4 Å². The summed E-state index contributed by atoms with van der Waals surface area (Å²) in [5, 5.41) is 20.2. The standard InChI is InChI=1S/C13H17N3O2/c1-5-8(4)14-12-11(13(17)18)9(6-2)10(7-3)15-16-12/h1,8H,6-7H2,2-4H3,(H,14,16)(H,17,18). The Hall–Kier alpha value is -2.09. The van der Waals surface area contributed by atoms with E-state index in [0.29, 0.717) is 24.1 Å². The van der Waals surface area contributed by atoms with Gasteiger partial charge in [0.2, 0.25) is 0 Å². The van der Waals surface area contributed by atoms with Crippen LogP contribution in [0.4, 0.5) is 5.82 Å². The van der Waals surface area contributed by atoms with Crippen molar-refractivity contribution < 1.29 is 9.90 Å². The number of terminal acetylenes is 1. The summed E-state index contributed by atoms with van der Waals surface area (Å²) in [5.41, 5.74) is 1.60. The predicted molar refractivity (Wildman–Crippen MR) is 69.7 cm³/mol. The van der Waals surface area contributed by atoms with E-state index in [-0.39, 0.29) is 17.4 Å². The summed E-state index contributed by atoms with van der Waals surface area (Å²) < 4.78 is 0. The zero-order chi connectivity index (χ0) is 13.7. The molecule has 0 fully saturated rings. The highest BCUT2D eigenvalue weighted by molar-refractivity contribution is 5.95. The van der Waals surface area contributed by atoms with Crippen LogP contribution in [0.2, 0.25) is 0 Å². The van der Waals surface area contributed by atoms with Crippen LogP contribution in [0.25, 0.3) is 0 Å². The van der Waals surface area contributed by atoms with Gasteiger partial charge in [0.15, 0.2) is 5.82 Å². The van der Waals surface area contributed by atoms with Crippen molar-refractivity contribution in [1.29, 1.82) is 0 Å². The zero-order valence-corrected chi connectivity index (χ0v) is 10.8. The minimum absolute atomic E-state index is 0.173. The Morgan fingerprint density at radius 1 is 1.44 bits per heavy atom. The van der Waals surface area contributed by atoms with Crippen molar-refractivity contribution in [3.05, 3.63) is 16.8 Å². The molecule has 0 aliphatic heterocycles. The molecule has 1 atom stereocenters. The van der Waals surface area contributed by atoms with Crippen molar-refractivity contribution in [2.45, 2.75) is 39.7 Å². The number of nitrogens with zero attached hydrogens (tertiary/aromatic N) is 2. The predicted octanol–water partition coefficient (Wildman–Crippen LogP) is 1.73.